The molecule has 3 heterocycles. The standard InChI is InChI=1S/C16H15ClN6O/c17-12-1-2-14(20-8-12)22-16(24)11-3-5-23(6-4-11)15-10-19-13(7-18)9-21-15/h1-2,8-11H,3-6H2,(H,20,22,24). The molecule has 8 heteroatoms. The van der Waals surface area contributed by atoms with E-state index in [-0.39, 0.29) is 11.8 Å². The quantitative estimate of drug-likeness (QED) is 0.919. The first-order valence-corrected chi connectivity index (χ1v) is 7.93. The molecule has 2 aromatic rings. The third kappa shape index (κ3) is 3.78. The Morgan fingerprint density at radius 1 is 1.21 bits per heavy atom. The summed E-state index contributed by atoms with van der Waals surface area (Å²) < 4.78 is 0. The first-order valence-electron chi connectivity index (χ1n) is 7.55. The number of aromatic nitrogens is 3. The summed E-state index contributed by atoms with van der Waals surface area (Å²) in [4.78, 5) is 26.7. The lowest BCUT2D eigenvalue weighted by molar-refractivity contribution is -0.120. The van der Waals surface area contributed by atoms with Gasteiger partial charge in [0.15, 0.2) is 5.69 Å². The second-order valence-corrected chi connectivity index (χ2v) is 5.92. The van der Waals surface area contributed by atoms with Crippen LogP contribution < -0.4 is 10.2 Å². The van der Waals surface area contributed by atoms with Gasteiger partial charge in [0.2, 0.25) is 5.91 Å². The second kappa shape index (κ2) is 7.23. The van der Waals surface area contributed by atoms with Crippen molar-refractivity contribution in [1.29, 1.82) is 5.26 Å². The fourth-order valence-electron chi connectivity index (χ4n) is 2.59. The van der Waals surface area contributed by atoms with E-state index in [9.17, 15) is 4.79 Å². The maximum Gasteiger partial charge on any atom is 0.228 e. The number of pyridine rings is 1. The molecule has 1 N–H and O–H groups in total. The van der Waals surface area contributed by atoms with Crippen LogP contribution in [0.25, 0.3) is 0 Å². The Bertz CT molecular complexity index is 748. The minimum absolute atomic E-state index is 0.0321. The van der Waals surface area contributed by atoms with Crippen molar-refractivity contribution in [3.63, 3.8) is 0 Å². The van der Waals surface area contributed by atoms with E-state index in [1.807, 2.05) is 6.07 Å². The van der Waals surface area contributed by atoms with E-state index in [0.717, 1.165) is 18.7 Å². The average Bonchev–Trinajstić information content (AvgIpc) is 2.64. The van der Waals surface area contributed by atoms with Crippen LogP contribution in [0.2, 0.25) is 5.02 Å². The normalized spacial score (nSPS) is 14.9. The molecule has 0 saturated carbocycles. The van der Waals surface area contributed by atoms with Gasteiger partial charge in [-0.3, -0.25) is 4.79 Å². The van der Waals surface area contributed by atoms with E-state index >= 15 is 0 Å². The smallest absolute Gasteiger partial charge is 0.228 e. The van der Waals surface area contributed by atoms with E-state index < -0.39 is 0 Å². The molecule has 24 heavy (non-hydrogen) atoms. The van der Waals surface area contributed by atoms with Crippen LogP contribution in [0.4, 0.5) is 11.6 Å². The van der Waals surface area contributed by atoms with Crippen LogP contribution in [-0.2, 0) is 4.79 Å². The zero-order chi connectivity index (χ0) is 16.9. The summed E-state index contributed by atoms with van der Waals surface area (Å²) in [7, 11) is 0. The molecule has 0 spiro atoms. The molecule has 1 aliphatic heterocycles. The summed E-state index contributed by atoms with van der Waals surface area (Å²) in [6.45, 7) is 1.43. The molecule has 1 amide bonds. The molecular formula is C16H15ClN6O. The Labute approximate surface area is 144 Å². The number of halogens is 1. The van der Waals surface area contributed by atoms with E-state index in [4.69, 9.17) is 16.9 Å². The number of piperidine rings is 1. The van der Waals surface area contributed by atoms with Gasteiger partial charge in [-0.25, -0.2) is 15.0 Å². The fourth-order valence-corrected chi connectivity index (χ4v) is 2.70. The topological polar surface area (TPSA) is 94.8 Å². The third-order valence-corrected chi connectivity index (χ3v) is 4.14. The van der Waals surface area contributed by atoms with Crippen molar-refractivity contribution >= 4 is 29.1 Å². The highest BCUT2D eigenvalue weighted by atomic mass is 35.5. The van der Waals surface area contributed by atoms with Crippen LogP contribution in [0, 0.1) is 17.2 Å². The Morgan fingerprint density at radius 3 is 2.58 bits per heavy atom. The lowest BCUT2D eigenvalue weighted by Gasteiger charge is -2.31. The third-order valence-electron chi connectivity index (χ3n) is 3.92. The number of hydrogen-bond acceptors (Lipinski definition) is 6. The van der Waals surface area contributed by atoms with E-state index in [0.29, 0.717) is 29.6 Å². The summed E-state index contributed by atoms with van der Waals surface area (Å²) in [5.41, 5.74) is 0.295. The SMILES string of the molecule is N#Cc1cnc(N2CCC(C(=O)Nc3ccc(Cl)cn3)CC2)cn1. The van der Waals surface area contributed by atoms with Crippen molar-refractivity contribution in [3.05, 3.63) is 41.4 Å². The molecule has 0 unspecified atom stereocenters. The van der Waals surface area contributed by atoms with Crippen LogP contribution in [0.1, 0.15) is 18.5 Å². The summed E-state index contributed by atoms with van der Waals surface area (Å²) in [6.07, 6.45) is 6.00. The number of carbonyl (C=O) groups is 1. The number of anilines is 2. The fraction of sp³-hybridized carbons (Fsp3) is 0.312. The van der Waals surface area contributed by atoms with Crippen LogP contribution >= 0.6 is 11.6 Å². The number of hydrogen-bond donors (Lipinski definition) is 1. The number of nitrogens with zero attached hydrogens (tertiary/aromatic N) is 5. The zero-order valence-electron chi connectivity index (χ0n) is 12.8. The molecule has 0 bridgehead atoms. The van der Waals surface area contributed by atoms with Crippen LogP contribution in [0.5, 0.6) is 0 Å². The van der Waals surface area contributed by atoms with Crippen LogP contribution in [0.3, 0.4) is 0 Å². The first kappa shape index (κ1) is 16.1. The van der Waals surface area contributed by atoms with Crippen molar-refractivity contribution in [2.24, 2.45) is 5.92 Å². The molecule has 1 saturated heterocycles. The van der Waals surface area contributed by atoms with Crippen molar-refractivity contribution < 1.29 is 4.79 Å². The second-order valence-electron chi connectivity index (χ2n) is 5.48. The zero-order valence-corrected chi connectivity index (χ0v) is 13.6. The first-order chi connectivity index (χ1) is 11.7. The van der Waals surface area contributed by atoms with E-state index in [1.165, 1.54) is 12.4 Å². The van der Waals surface area contributed by atoms with Crippen LogP contribution in [0.15, 0.2) is 30.7 Å². The summed E-state index contributed by atoms with van der Waals surface area (Å²) in [6, 6.07) is 5.32. The van der Waals surface area contributed by atoms with Gasteiger partial charge in [0, 0.05) is 25.2 Å². The molecule has 1 fully saturated rings. The van der Waals surface area contributed by atoms with E-state index in [1.54, 1.807) is 18.3 Å². The lowest BCUT2D eigenvalue weighted by Crippen LogP contribution is -2.38. The molecule has 7 nitrogen and oxygen atoms in total. The number of amides is 1. The summed E-state index contributed by atoms with van der Waals surface area (Å²) in [5, 5.41) is 12.1. The summed E-state index contributed by atoms with van der Waals surface area (Å²) in [5.74, 6) is 1.14. The molecule has 0 aromatic carbocycles. The predicted molar refractivity (Wildman–Crippen MR) is 89.6 cm³/mol. The number of nitrogens with one attached hydrogen (secondary N) is 1. The number of rotatable bonds is 3. The monoisotopic (exact) mass is 342 g/mol. The highest BCUT2D eigenvalue weighted by molar-refractivity contribution is 6.30. The average molecular weight is 343 g/mol. The lowest BCUT2D eigenvalue weighted by atomic mass is 9.96. The maximum absolute atomic E-state index is 12.3. The number of nitriles is 1. The van der Waals surface area contributed by atoms with Crippen LogP contribution in [-0.4, -0.2) is 33.9 Å². The molecular weight excluding hydrogens is 328 g/mol. The van der Waals surface area contributed by atoms with Gasteiger partial charge in [0.25, 0.3) is 0 Å². The highest BCUT2D eigenvalue weighted by Crippen LogP contribution is 2.22. The maximum atomic E-state index is 12.3. The van der Waals surface area contributed by atoms with Gasteiger partial charge in [0.05, 0.1) is 17.4 Å². The molecule has 2 aromatic heterocycles. The molecule has 1 aliphatic rings. The van der Waals surface area contributed by atoms with Gasteiger partial charge in [-0.1, -0.05) is 11.6 Å². The van der Waals surface area contributed by atoms with Gasteiger partial charge in [-0.05, 0) is 25.0 Å². The molecule has 0 atom stereocenters. The minimum atomic E-state index is -0.0648. The Morgan fingerprint density at radius 2 is 2.00 bits per heavy atom. The molecule has 3 rings (SSSR count). The Hall–Kier alpha value is -2.72. The van der Waals surface area contributed by atoms with Crippen molar-refractivity contribution in [3.8, 4) is 6.07 Å². The van der Waals surface area contributed by atoms with Crippen molar-refractivity contribution in [2.75, 3.05) is 23.3 Å². The minimum Gasteiger partial charge on any atom is -0.355 e. The van der Waals surface area contributed by atoms with Crippen molar-refractivity contribution in [1.82, 2.24) is 15.0 Å². The largest absolute Gasteiger partial charge is 0.355 e. The van der Waals surface area contributed by atoms with Gasteiger partial charge < -0.3 is 10.2 Å². The Balaban J connectivity index is 1.55. The van der Waals surface area contributed by atoms with Gasteiger partial charge >= 0.3 is 0 Å². The summed E-state index contributed by atoms with van der Waals surface area (Å²) >= 11 is 5.78. The van der Waals surface area contributed by atoms with E-state index in [2.05, 4.69) is 25.2 Å². The van der Waals surface area contributed by atoms with Gasteiger partial charge in [0.1, 0.15) is 17.7 Å². The number of carbonyl (C=O) groups excluding carboxylic acids is 1. The van der Waals surface area contributed by atoms with Gasteiger partial charge in [-0.2, -0.15) is 5.26 Å². The van der Waals surface area contributed by atoms with Crippen molar-refractivity contribution in [2.45, 2.75) is 12.8 Å². The highest BCUT2D eigenvalue weighted by Gasteiger charge is 2.26. The predicted octanol–water partition coefficient (Wildman–Crippen LogP) is 2.25. The molecule has 0 radical (unpaired) electrons. The Kier molecular flexibility index (Phi) is 4.87. The van der Waals surface area contributed by atoms with Gasteiger partial charge in [-0.15, -0.1) is 0 Å². The molecule has 0 aliphatic carbocycles. The molecule has 122 valence electrons.